The van der Waals surface area contributed by atoms with Crippen molar-refractivity contribution in [1.82, 2.24) is 9.62 Å². The Morgan fingerprint density at radius 3 is 2.69 bits per heavy atom. The fraction of sp³-hybridized carbons (Fsp3) is 0.611. The molecule has 26 heavy (non-hydrogen) atoms. The third-order valence-corrected chi connectivity index (χ3v) is 5.36. The molecule has 1 aliphatic rings. The first-order chi connectivity index (χ1) is 12.1. The maximum Gasteiger partial charge on any atom is 0.410 e. The largest absolute Gasteiger partial charge is 0.444 e. The molecule has 1 aliphatic heterocycles. The quantitative estimate of drug-likeness (QED) is 0.844. The van der Waals surface area contributed by atoms with Crippen molar-refractivity contribution in [2.45, 2.75) is 45.0 Å². The second kappa shape index (κ2) is 8.35. The molecule has 0 spiro atoms. The Bertz CT molecular complexity index is 731. The molecule has 0 unspecified atom stereocenters. The number of halogens is 1. The van der Waals surface area contributed by atoms with Gasteiger partial charge >= 0.3 is 6.09 Å². The number of rotatable bonds is 5. The van der Waals surface area contributed by atoms with Crippen LogP contribution in [0.15, 0.2) is 24.3 Å². The number of carbonyl (C=O) groups excluding carboxylic acids is 1. The maximum atomic E-state index is 13.6. The van der Waals surface area contributed by atoms with E-state index >= 15 is 0 Å². The van der Waals surface area contributed by atoms with Gasteiger partial charge in [0.2, 0.25) is 10.0 Å². The lowest BCUT2D eigenvalue weighted by molar-refractivity contribution is 0.0169. The van der Waals surface area contributed by atoms with Gasteiger partial charge in [-0.3, -0.25) is 0 Å². The summed E-state index contributed by atoms with van der Waals surface area (Å²) in [6.07, 6.45) is 1.23. The molecule has 1 heterocycles. The van der Waals surface area contributed by atoms with Gasteiger partial charge in [0.25, 0.3) is 0 Å². The van der Waals surface area contributed by atoms with Crippen LogP contribution in [0.3, 0.4) is 0 Å². The molecule has 1 saturated heterocycles. The highest BCUT2D eigenvalue weighted by molar-refractivity contribution is 7.88. The first-order valence-electron chi connectivity index (χ1n) is 8.74. The van der Waals surface area contributed by atoms with Crippen LogP contribution in [0.5, 0.6) is 0 Å². The molecule has 1 amide bonds. The molecule has 1 atom stereocenters. The molecule has 0 saturated carbocycles. The van der Waals surface area contributed by atoms with Gasteiger partial charge in [-0.25, -0.2) is 22.3 Å². The second-order valence-corrected chi connectivity index (χ2v) is 9.44. The highest BCUT2D eigenvalue weighted by Crippen LogP contribution is 2.19. The summed E-state index contributed by atoms with van der Waals surface area (Å²) in [6.45, 7) is 6.69. The second-order valence-electron chi connectivity index (χ2n) is 7.63. The van der Waals surface area contributed by atoms with E-state index in [0.29, 0.717) is 13.1 Å². The summed E-state index contributed by atoms with van der Waals surface area (Å²) in [4.78, 5) is 13.8. The van der Waals surface area contributed by atoms with Crippen molar-refractivity contribution in [3.05, 3.63) is 35.6 Å². The molecule has 0 bridgehead atoms. The van der Waals surface area contributed by atoms with Gasteiger partial charge in [0, 0.05) is 25.2 Å². The molecule has 1 N–H and O–H groups in total. The topological polar surface area (TPSA) is 75.7 Å². The van der Waals surface area contributed by atoms with Crippen LogP contribution in [-0.2, 0) is 20.5 Å². The number of nitrogens with one attached hydrogen (secondary N) is 1. The van der Waals surface area contributed by atoms with Gasteiger partial charge in [-0.1, -0.05) is 18.2 Å². The molecule has 1 aromatic carbocycles. The molecular weight excluding hydrogens is 359 g/mol. The lowest BCUT2D eigenvalue weighted by atomic mass is 9.99. The first kappa shape index (κ1) is 20.6. The lowest BCUT2D eigenvalue weighted by Gasteiger charge is -2.34. The van der Waals surface area contributed by atoms with Crippen molar-refractivity contribution in [1.29, 1.82) is 0 Å². The van der Waals surface area contributed by atoms with E-state index in [1.165, 1.54) is 18.2 Å². The van der Waals surface area contributed by atoms with Crippen LogP contribution in [-0.4, -0.2) is 44.6 Å². The van der Waals surface area contributed by atoms with Gasteiger partial charge in [0.05, 0.1) is 5.75 Å². The first-order valence-corrected chi connectivity index (χ1v) is 10.4. The predicted octanol–water partition coefficient (Wildman–Crippen LogP) is 2.89. The van der Waals surface area contributed by atoms with E-state index in [2.05, 4.69) is 4.72 Å². The fourth-order valence-electron chi connectivity index (χ4n) is 2.84. The van der Waals surface area contributed by atoms with Crippen molar-refractivity contribution >= 4 is 16.1 Å². The SMILES string of the molecule is CC(C)(C)OC(=O)N1CCC[C@@H](CNS(=O)(=O)Cc2ccccc2F)C1. The van der Waals surface area contributed by atoms with E-state index in [4.69, 9.17) is 4.74 Å². The van der Waals surface area contributed by atoms with Gasteiger partial charge in [-0.2, -0.15) is 0 Å². The summed E-state index contributed by atoms with van der Waals surface area (Å²) in [5.41, 5.74) is -0.426. The summed E-state index contributed by atoms with van der Waals surface area (Å²) in [5.74, 6) is -0.930. The number of nitrogens with zero attached hydrogens (tertiary/aromatic N) is 1. The molecule has 2 rings (SSSR count). The summed E-state index contributed by atoms with van der Waals surface area (Å²) < 4.78 is 46.0. The molecular formula is C18H27FN2O4S. The van der Waals surface area contributed by atoms with Crippen LogP contribution in [0.25, 0.3) is 0 Å². The van der Waals surface area contributed by atoms with Gasteiger partial charge in [0.15, 0.2) is 0 Å². The average molecular weight is 386 g/mol. The third-order valence-electron chi connectivity index (χ3n) is 4.07. The zero-order valence-electron chi connectivity index (χ0n) is 15.5. The van der Waals surface area contributed by atoms with Gasteiger partial charge < -0.3 is 9.64 Å². The summed E-state index contributed by atoms with van der Waals surface area (Å²) in [6, 6.07) is 5.82. The number of sulfonamides is 1. The van der Waals surface area contributed by atoms with Crippen molar-refractivity contribution in [3.63, 3.8) is 0 Å². The Labute approximate surface area is 154 Å². The Morgan fingerprint density at radius 1 is 1.35 bits per heavy atom. The van der Waals surface area contributed by atoms with Crippen molar-refractivity contribution < 1.29 is 22.3 Å². The standard InChI is InChI=1S/C18H27FN2O4S/c1-18(2,3)25-17(22)21-10-6-7-14(12-21)11-20-26(23,24)13-15-8-4-5-9-16(15)19/h4-5,8-9,14,20H,6-7,10-13H2,1-3H3/t14-/m0/s1. The van der Waals surface area contributed by atoms with Crippen molar-refractivity contribution in [2.75, 3.05) is 19.6 Å². The summed E-state index contributed by atoms with van der Waals surface area (Å²) in [5, 5.41) is 0. The van der Waals surface area contributed by atoms with E-state index in [0.717, 1.165) is 12.8 Å². The van der Waals surface area contributed by atoms with Crippen molar-refractivity contribution in [3.8, 4) is 0 Å². The van der Waals surface area contributed by atoms with Gasteiger partial charge in [-0.05, 0) is 45.6 Å². The summed E-state index contributed by atoms with van der Waals surface area (Å²) in [7, 11) is -3.65. The van der Waals surface area contributed by atoms with Crippen LogP contribution >= 0.6 is 0 Å². The zero-order chi connectivity index (χ0) is 19.4. The number of ether oxygens (including phenoxy) is 1. The minimum atomic E-state index is -3.65. The predicted molar refractivity (Wildman–Crippen MR) is 97.6 cm³/mol. The number of carbonyl (C=O) groups is 1. The fourth-order valence-corrected chi connectivity index (χ4v) is 4.08. The Balaban J connectivity index is 1.88. The molecule has 8 heteroatoms. The molecule has 0 aromatic heterocycles. The molecule has 1 aromatic rings. The third kappa shape index (κ3) is 6.57. The van der Waals surface area contributed by atoms with E-state index in [-0.39, 0.29) is 24.1 Å². The van der Waals surface area contributed by atoms with Crippen LogP contribution < -0.4 is 4.72 Å². The monoisotopic (exact) mass is 386 g/mol. The lowest BCUT2D eigenvalue weighted by Crippen LogP contribution is -2.45. The Kier molecular flexibility index (Phi) is 6.63. The highest BCUT2D eigenvalue weighted by Gasteiger charge is 2.28. The van der Waals surface area contributed by atoms with Crippen LogP contribution in [0, 0.1) is 11.7 Å². The van der Waals surface area contributed by atoms with E-state index < -0.39 is 27.2 Å². The minimum absolute atomic E-state index is 0.00617. The van der Waals surface area contributed by atoms with E-state index in [1.54, 1.807) is 11.0 Å². The smallest absolute Gasteiger partial charge is 0.410 e. The molecule has 6 nitrogen and oxygen atoms in total. The van der Waals surface area contributed by atoms with E-state index in [9.17, 15) is 17.6 Å². The maximum absolute atomic E-state index is 13.6. The molecule has 0 radical (unpaired) electrons. The van der Waals surface area contributed by atoms with Crippen LogP contribution in [0.1, 0.15) is 39.2 Å². The van der Waals surface area contributed by atoms with Gasteiger partial charge in [-0.15, -0.1) is 0 Å². The minimum Gasteiger partial charge on any atom is -0.444 e. The molecule has 146 valence electrons. The van der Waals surface area contributed by atoms with Gasteiger partial charge in [0.1, 0.15) is 11.4 Å². The number of hydrogen-bond donors (Lipinski definition) is 1. The number of likely N-dealkylation sites (tertiary alicyclic amines) is 1. The van der Waals surface area contributed by atoms with Crippen molar-refractivity contribution in [2.24, 2.45) is 5.92 Å². The normalized spacial score (nSPS) is 18.6. The van der Waals surface area contributed by atoms with E-state index in [1.807, 2.05) is 20.8 Å². The number of amides is 1. The number of hydrogen-bond acceptors (Lipinski definition) is 4. The zero-order valence-corrected chi connectivity index (χ0v) is 16.3. The molecule has 0 aliphatic carbocycles. The Morgan fingerprint density at radius 2 is 2.04 bits per heavy atom. The Hall–Kier alpha value is -1.67. The van der Waals surface area contributed by atoms with Crippen LogP contribution in [0.4, 0.5) is 9.18 Å². The average Bonchev–Trinajstić information content (AvgIpc) is 2.54. The number of piperidine rings is 1. The number of benzene rings is 1. The summed E-state index contributed by atoms with van der Waals surface area (Å²) >= 11 is 0. The van der Waals surface area contributed by atoms with Crippen LogP contribution in [0.2, 0.25) is 0 Å². The highest BCUT2D eigenvalue weighted by atomic mass is 32.2. The molecule has 1 fully saturated rings.